The van der Waals surface area contributed by atoms with Crippen molar-refractivity contribution in [2.75, 3.05) is 6.61 Å². The molecule has 0 amide bonds. The van der Waals surface area contributed by atoms with E-state index in [9.17, 15) is 5.11 Å². The summed E-state index contributed by atoms with van der Waals surface area (Å²) in [5.41, 5.74) is 1.28. The van der Waals surface area contributed by atoms with Gasteiger partial charge in [0, 0.05) is 12.6 Å². The molecule has 2 N–H and O–H groups in total. The quantitative estimate of drug-likeness (QED) is 0.559. The van der Waals surface area contributed by atoms with Gasteiger partial charge in [-0.3, -0.25) is 0 Å². The van der Waals surface area contributed by atoms with E-state index in [1.165, 1.54) is 50.5 Å². The van der Waals surface area contributed by atoms with Crippen molar-refractivity contribution in [1.82, 2.24) is 5.32 Å². The minimum Gasteiger partial charge on any atom is -0.395 e. The normalized spacial score (nSPS) is 12.5. The molecule has 0 aromatic heterocycles. The van der Waals surface area contributed by atoms with Gasteiger partial charge in [-0.15, -0.1) is 0 Å². The summed E-state index contributed by atoms with van der Waals surface area (Å²) >= 11 is 0. The molecule has 1 aromatic carbocycles. The molecule has 1 atom stereocenters. The monoisotopic (exact) mass is 277 g/mol. The highest BCUT2D eigenvalue weighted by molar-refractivity contribution is 5.14. The average Bonchev–Trinajstić information content (AvgIpc) is 2.50. The van der Waals surface area contributed by atoms with Gasteiger partial charge in [-0.05, 0) is 12.0 Å². The minimum absolute atomic E-state index is 0.239. The second-order valence-corrected chi connectivity index (χ2v) is 5.66. The molecule has 0 aliphatic carbocycles. The molecule has 0 saturated carbocycles. The number of hydrogen-bond acceptors (Lipinski definition) is 2. The molecule has 2 nitrogen and oxygen atoms in total. The molecule has 0 aliphatic heterocycles. The zero-order valence-corrected chi connectivity index (χ0v) is 13.0. The van der Waals surface area contributed by atoms with Crippen LogP contribution in [0.5, 0.6) is 0 Å². The van der Waals surface area contributed by atoms with Crippen LogP contribution in [-0.4, -0.2) is 17.8 Å². The Bertz CT molecular complexity index is 312. The smallest absolute Gasteiger partial charge is 0.0584 e. The van der Waals surface area contributed by atoms with Gasteiger partial charge >= 0.3 is 0 Å². The minimum atomic E-state index is 0.239. The lowest BCUT2D eigenvalue weighted by Gasteiger charge is -2.16. The molecule has 0 spiro atoms. The summed E-state index contributed by atoms with van der Waals surface area (Å²) in [6.45, 7) is 3.34. The van der Waals surface area contributed by atoms with Crippen LogP contribution >= 0.6 is 0 Å². The molecular formula is C18H31NO. The molecular weight excluding hydrogens is 246 g/mol. The Morgan fingerprint density at radius 2 is 1.60 bits per heavy atom. The fourth-order valence-electron chi connectivity index (χ4n) is 2.46. The van der Waals surface area contributed by atoms with Crippen LogP contribution in [0.1, 0.15) is 63.9 Å². The first kappa shape index (κ1) is 17.2. The Balaban J connectivity index is 2.04. The van der Waals surface area contributed by atoms with Crippen molar-refractivity contribution in [2.45, 2.75) is 70.9 Å². The summed E-state index contributed by atoms with van der Waals surface area (Å²) in [4.78, 5) is 0. The fourth-order valence-corrected chi connectivity index (χ4v) is 2.46. The first-order valence-electron chi connectivity index (χ1n) is 8.25. The van der Waals surface area contributed by atoms with Crippen molar-refractivity contribution in [1.29, 1.82) is 0 Å². The zero-order valence-electron chi connectivity index (χ0n) is 13.0. The van der Waals surface area contributed by atoms with Crippen molar-refractivity contribution >= 4 is 0 Å². The van der Waals surface area contributed by atoms with Crippen LogP contribution in [-0.2, 0) is 6.54 Å². The van der Waals surface area contributed by atoms with Gasteiger partial charge < -0.3 is 10.4 Å². The molecule has 0 heterocycles. The Labute approximate surface area is 124 Å². The molecule has 0 saturated heterocycles. The van der Waals surface area contributed by atoms with E-state index in [0.717, 1.165) is 13.0 Å². The molecule has 0 aliphatic rings. The lowest BCUT2D eigenvalue weighted by Crippen LogP contribution is -2.31. The zero-order chi connectivity index (χ0) is 14.5. The first-order chi connectivity index (χ1) is 9.86. The largest absolute Gasteiger partial charge is 0.395 e. The van der Waals surface area contributed by atoms with Crippen LogP contribution < -0.4 is 5.32 Å². The van der Waals surface area contributed by atoms with E-state index in [1.807, 2.05) is 6.07 Å². The SMILES string of the molecule is CCCCCCCCCC(CO)NCc1ccccc1. The first-order valence-corrected chi connectivity index (χ1v) is 8.25. The van der Waals surface area contributed by atoms with Crippen molar-refractivity contribution in [3.8, 4) is 0 Å². The van der Waals surface area contributed by atoms with Crippen molar-refractivity contribution in [3.63, 3.8) is 0 Å². The number of unbranched alkanes of at least 4 members (excludes halogenated alkanes) is 6. The van der Waals surface area contributed by atoms with Crippen LogP contribution in [0.2, 0.25) is 0 Å². The van der Waals surface area contributed by atoms with E-state index in [0.29, 0.717) is 0 Å². The van der Waals surface area contributed by atoms with Crippen LogP contribution in [0.25, 0.3) is 0 Å². The number of nitrogens with one attached hydrogen (secondary N) is 1. The highest BCUT2D eigenvalue weighted by Crippen LogP contribution is 2.10. The number of aliphatic hydroxyl groups is 1. The van der Waals surface area contributed by atoms with Crippen LogP contribution in [0.4, 0.5) is 0 Å². The molecule has 0 fully saturated rings. The molecule has 0 radical (unpaired) electrons. The third-order valence-corrected chi connectivity index (χ3v) is 3.81. The third kappa shape index (κ3) is 8.34. The summed E-state index contributed by atoms with van der Waals surface area (Å²) in [5, 5.41) is 12.9. The highest BCUT2D eigenvalue weighted by Gasteiger charge is 2.06. The Morgan fingerprint density at radius 3 is 2.25 bits per heavy atom. The van der Waals surface area contributed by atoms with E-state index < -0.39 is 0 Å². The summed E-state index contributed by atoms with van der Waals surface area (Å²) in [5.74, 6) is 0. The van der Waals surface area contributed by atoms with Crippen molar-refractivity contribution in [2.24, 2.45) is 0 Å². The van der Waals surface area contributed by atoms with Gasteiger partial charge in [0.2, 0.25) is 0 Å². The van der Waals surface area contributed by atoms with E-state index in [-0.39, 0.29) is 12.6 Å². The van der Waals surface area contributed by atoms with E-state index in [1.54, 1.807) is 0 Å². The predicted octanol–water partition coefficient (Wildman–Crippen LogP) is 4.28. The second-order valence-electron chi connectivity index (χ2n) is 5.66. The van der Waals surface area contributed by atoms with Crippen LogP contribution in [0.15, 0.2) is 30.3 Å². The van der Waals surface area contributed by atoms with Crippen molar-refractivity contribution < 1.29 is 5.11 Å². The van der Waals surface area contributed by atoms with Crippen molar-refractivity contribution in [3.05, 3.63) is 35.9 Å². The highest BCUT2D eigenvalue weighted by atomic mass is 16.3. The summed E-state index contributed by atoms with van der Waals surface area (Å²) in [6.07, 6.45) is 10.4. The fraction of sp³-hybridized carbons (Fsp3) is 0.667. The molecule has 20 heavy (non-hydrogen) atoms. The lowest BCUT2D eigenvalue weighted by atomic mass is 10.1. The maximum absolute atomic E-state index is 9.41. The van der Waals surface area contributed by atoms with Gasteiger partial charge in [-0.2, -0.15) is 0 Å². The van der Waals surface area contributed by atoms with Gasteiger partial charge in [0.15, 0.2) is 0 Å². The van der Waals surface area contributed by atoms with Gasteiger partial charge in [-0.1, -0.05) is 82.2 Å². The summed E-state index contributed by atoms with van der Waals surface area (Å²) in [6, 6.07) is 10.6. The van der Waals surface area contributed by atoms with Gasteiger partial charge in [0.25, 0.3) is 0 Å². The maximum atomic E-state index is 9.41. The third-order valence-electron chi connectivity index (χ3n) is 3.81. The number of aliphatic hydroxyl groups excluding tert-OH is 1. The van der Waals surface area contributed by atoms with Crippen LogP contribution in [0, 0.1) is 0 Å². The molecule has 1 rings (SSSR count). The summed E-state index contributed by atoms with van der Waals surface area (Å²) in [7, 11) is 0. The Hall–Kier alpha value is -0.860. The average molecular weight is 277 g/mol. The van der Waals surface area contributed by atoms with Crippen LogP contribution in [0.3, 0.4) is 0 Å². The van der Waals surface area contributed by atoms with Gasteiger partial charge in [-0.25, -0.2) is 0 Å². The maximum Gasteiger partial charge on any atom is 0.0584 e. The molecule has 0 bridgehead atoms. The predicted molar refractivity (Wildman–Crippen MR) is 86.8 cm³/mol. The molecule has 1 unspecified atom stereocenters. The Kier molecular flexibility index (Phi) is 10.3. The number of rotatable bonds is 12. The van der Waals surface area contributed by atoms with Gasteiger partial charge in [0.05, 0.1) is 6.61 Å². The number of hydrogen-bond donors (Lipinski definition) is 2. The molecule has 2 heteroatoms. The van der Waals surface area contributed by atoms with E-state index in [4.69, 9.17) is 0 Å². The van der Waals surface area contributed by atoms with Gasteiger partial charge in [0.1, 0.15) is 0 Å². The van der Waals surface area contributed by atoms with E-state index in [2.05, 4.69) is 36.5 Å². The Morgan fingerprint density at radius 1 is 0.950 bits per heavy atom. The second kappa shape index (κ2) is 11.9. The number of benzene rings is 1. The summed E-state index contributed by atoms with van der Waals surface area (Å²) < 4.78 is 0. The molecule has 114 valence electrons. The topological polar surface area (TPSA) is 32.3 Å². The standard InChI is InChI=1S/C18H31NO/c1-2-3-4-5-6-7-11-14-18(16-20)19-15-17-12-9-8-10-13-17/h8-10,12-13,18-20H,2-7,11,14-16H2,1H3. The van der Waals surface area contributed by atoms with E-state index >= 15 is 0 Å². The molecule has 1 aromatic rings. The lowest BCUT2D eigenvalue weighted by molar-refractivity contribution is 0.232.